The van der Waals surface area contributed by atoms with Crippen molar-refractivity contribution in [3.05, 3.63) is 5.82 Å². The van der Waals surface area contributed by atoms with Crippen molar-refractivity contribution in [1.29, 1.82) is 0 Å². The van der Waals surface area contributed by atoms with Crippen LogP contribution in [0.3, 0.4) is 0 Å². The Kier molecular flexibility index (Phi) is 2.68. The molecule has 1 saturated heterocycles. The van der Waals surface area contributed by atoms with Crippen LogP contribution in [0, 0.1) is 0 Å². The van der Waals surface area contributed by atoms with Crippen LogP contribution >= 0.6 is 0 Å². The van der Waals surface area contributed by atoms with Gasteiger partial charge in [0, 0.05) is 26.1 Å². The van der Waals surface area contributed by atoms with Crippen LogP contribution in [0.1, 0.15) is 12.2 Å². The molecule has 76 valence electrons. The fourth-order valence-corrected chi connectivity index (χ4v) is 1.40. The predicted octanol–water partition coefficient (Wildman–Crippen LogP) is -1.48. The van der Waals surface area contributed by atoms with E-state index < -0.39 is 0 Å². The van der Waals surface area contributed by atoms with Crippen LogP contribution in [-0.4, -0.2) is 51.1 Å². The molecule has 2 N–H and O–H groups in total. The van der Waals surface area contributed by atoms with Crippen LogP contribution in [0.15, 0.2) is 0 Å². The van der Waals surface area contributed by atoms with E-state index in [9.17, 15) is 4.79 Å². The van der Waals surface area contributed by atoms with Gasteiger partial charge in [-0.15, -0.1) is 10.2 Å². The number of aromatic amines is 1. The highest BCUT2D eigenvalue weighted by Crippen LogP contribution is 2.01. The average molecular weight is 196 g/mol. The third-order valence-corrected chi connectivity index (χ3v) is 2.15. The Labute approximate surface area is 80.9 Å². The summed E-state index contributed by atoms with van der Waals surface area (Å²) in [5, 5.41) is 16.6. The number of carbonyl (C=O) groups is 1. The number of hydrogen-bond donors (Lipinski definition) is 2. The van der Waals surface area contributed by atoms with Gasteiger partial charge in [0.2, 0.25) is 5.91 Å². The molecular formula is C7H12N6O. The molecule has 0 aromatic carbocycles. The summed E-state index contributed by atoms with van der Waals surface area (Å²) < 4.78 is 0. The summed E-state index contributed by atoms with van der Waals surface area (Å²) in [4.78, 5) is 13.3. The van der Waals surface area contributed by atoms with Crippen molar-refractivity contribution in [2.75, 3.05) is 19.6 Å². The van der Waals surface area contributed by atoms with Gasteiger partial charge in [-0.3, -0.25) is 4.79 Å². The first-order chi connectivity index (χ1) is 6.86. The van der Waals surface area contributed by atoms with Crippen LogP contribution in [0.2, 0.25) is 0 Å². The SMILES string of the molecule is O=C1CCNCCN1Cc1nn[nH]n1. The van der Waals surface area contributed by atoms with Crippen molar-refractivity contribution in [3.8, 4) is 0 Å². The number of nitrogens with one attached hydrogen (secondary N) is 2. The second-order valence-electron chi connectivity index (χ2n) is 3.14. The number of aromatic nitrogens is 4. The maximum Gasteiger partial charge on any atom is 0.224 e. The molecule has 0 aliphatic carbocycles. The summed E-state index contributed by atoms with van der Waals surface area (Å²) in [5.74, 6) is 0.694. The van der Waals surface area contributed by atoms with Gasteiger partial charge in [0.1, 0.15) is 0 Å². The molecule has 2 rings (SSSR count). The van der Waals surface area contributed by atoms with Crippen molar-refractivity contribution in [3.63, 3.8) is 0 Å². The normalized spacial score (nSPS) is 18.3. The van der Waals surface area contributed by atoms with Crippen LogP contribution in [0.5, 0.6) is 0 Å². The summed E-state index contributed by atoms with van der Waals surface area (Å²) in [6, 6.07) is 0. The summed E-state index contributed by atoms with van der Waals surface area (Å²) in [5.41, 5.74) is 0. The quantitative estimate of drug-likeness (QED) is 0.602. The number of carbonyl (C=O) groups excluding carboxylic acids is 1. The number of tetrazole rings is 1. The lowest BCUT2D eigenvalue weighted by Gasteiger charge is -2.17. The molecule has 0 radical (unpaired) electrons. The molecule has 1 aliphatic heterocycles. The molecule has 1 fully saturated rings. The molecule has 0 atom stereocenters. The van der Waals surface area contributed by atoms with Gasteiger partial charge >= 0.3 is 0 Å². The molecule has 0 bridgehead atoms. The fraction of sp³-hybridized carbons (Fsp3) is 0.714. The Balaban J connectivity index is 1.98. The lowest BCUT2D eigenvalue weighted by Crippen LogP contribution is -2.32. The second kappa shape index (κ2) is 4.14. The fourth-order valence-electron chi connectivity index (χ4n) is 1.40. The Morgan fingerprint density at radius 1 is 1.43 bits per heavy atom. The zero-order valence-corrected chi connectivity index (χ0v) is 7.73. The highest BCUT2D eigenvalue weighted by Gasteiger charge is 2.17. The van der Waals surface area contributed by atoms with Crippen LogP contribution in [0.25, 0.3) is 0 Å². The smallest absolute Gasteiger partial charge is 0.224 e. The van der Waals surface area contributed by atoms with Gasteiger partial charge < -0.3 is 10.2 Å². The maximum atomic E-state index is 11.5. The minimum atomic E-state index is 0.139. The van der Waals surface area contributed by atoms with Gasteiger partial charge in [0.25, 0.3) is 0 Å². The van der Waals surface area contributed by atoms with Gasteiger partial charge in [-0.25, -0.2) is 0 Å². The Hall–Kier alpha value is -1.50. The third kappa shape index (κ3) is 2.05. The van der Waals surface area contributed by atoms with Crippen LogP contribution in [-0.2, 0) is 11.3 Å². The van der Waals surface area contributed by atoms with Gasteiger partial charge in [-0.05, 0) is 0 Å². The predicted molar refractivity (Wildman–Crippen MR) is 47.1 cm³/mol. The van der Waals surface area contributed by atoms with Gasteiger partial charge in [-0.1, -0.05) is 5.21 Å². The zero-order valence-electron chi connectivity index (χ0n) is 7.73. The minimum Gasteiger partial charge on any atom is -0.334 e. The Bertz CT molecular complexity index is 297. The second-order valence-corrected chi connectivity index (χ2v) is 3.14. The van der Waals surface area contributed by atoms with Crippen molar-refractivity contribution < 1.29 is 4.79 Å². The Morgan fingerprint density at radius 3 is 3.14 bits per heavy atom. The van der Waals surface area contributed by atoms with Crippen molar-refractivity contribution in [2.45, 2.75) is 13.0 Å². The van der Waals surface area contributed by atoms with E-state index in [1.165, 1.54) is 0 Å². The average Bonchev–Trinajstić information content (AvgIpc) is 2.60. The van der Waals surface area contributed by atoms with E-state index >= 15 is 0 Å². The van der Waals surface area contributed by atoms with E-state index in [-0.39, 0.29) is 5.91 Å². The molecule has 1 aromatic rings. The lowest BCUT2D eigenvalue weighted by molar-refractivity contribution is -0.131. The molecule has 0 saturated carbocycles. The van der Waals surface area contributed by atoms with E-state index in [0.717, 1.165) is 13.1 Å². The first kappa shape index (κ1) is 9.07. The number of amides is 1. The van der Waals surface area contributed by atoms with Crippen molar-refractivity contribution in [2.24, 2.45) is 0 Å². The summed E-state index contributed by atoms with van der Waals surface area (Å²) in [6.07, 6.45) is 0.540. The summed E-state index contributed by atoms with van der Waals surface area (Å²) in [7, 11) is 0. The van der Waals surface area contributed by atoms with E-state index in [4.69, 9.17) is 0 Å². The lowest BCUT2D eigenvalue weighted by atomic mass is 10.3. The van der Waals surface area contributed by atoms with Gasteiger partial charge in [-0.2, -0.15) is 5.21 Å². The van der Waals surface area contributed by atoms with Crippen molar-refractivity contribution >= 4 is 5.91 Å². The molecular weight excluding hydrogens is 184 g/mol. The standard InChI is InChI=1S/C7H12N6O/c14-7-1-2-8-3-4-13(7)5-6-9-11-12-10-6/h8H,1-5H2,(H,9,10,11,12). The summed E-state index contributed by atoms with van der Waals surface area (Å²) >= 11 is 0. The number of nitrogens with zero attached hydrogens (tertiary/aromatic N) is 4. The van der Waals surface area contributed by atoms with Gasteiger partial charge in [0.15, 0.2) is 5.82 Å². The molecule has 1 aliphatic rings. The Morgan fingerprint density at radius 2 is 2.36 bits per heavy atom. The van der Waals surface area contributed by atoms with E-state index in [0.29, 0.717) is 25.3 Å². The topological polar surface area (TPSA) is 86.8 Å². The molecule has 1 aromatic heterocycles. The molecule has 14 heavy (non-hydrogen) atoms. The van der Waals surface area contributed by atoms with E-state index in [1.807, 2.05) is 0 Å². The first-order valence-electron chi connectivity index (χ1n) is 4.57. The molecule has 1 amide bonds. The van der Waals surface area contributed by atoms with Crippen molar-refractivity contribution in [1.82, 2.24) is 30.8 Å². The maximum absolute atomic E-state index is 11.5. The molecule has 2 heterocycles. The molecule has 7 nitrogen and oxygen atoms in total. The highest BCUT2D eigenvalue weighted by molar-refractivity contribution is 5.76. The number of rotatable bonds is 2. The van der Waals surface area contributed by atoms with Crippen LogP contribution in [0.4, 0.5) is 0 Å². The number of hydrogen-bond acceptors (Lipinski definition) is 5. The van der Waals surface area contributed by atoms with E-state index in [2.05, 4.69) is 25.9 Å². The molecule has 0 spiro atoms. The number of H-pyrrole nitrogens is 1. The first-order valence-corrected chi connectivity index (χ1v) is 4.57. The zero-order chi connectivity index (χ0) is 9.80. The monoisotopic (exact) mass is 196 g/mol. The highest BCUT2D eigenvalue weighted by atomic mass is 16.2. The van der Waals surface area contributed by atoms with Crippen LogP contribution < -0.4 is 5.32 Å². The largest absolute Gasteiger partial charge is 0.334 e. The van der Waals surface area contributed by atoms with Gasteiger partial charge in [0.05, 0.1) is 6.54 Å². The minimum absolute atomic E-state index is 0.139. The molecule has 0 unspecified atom stereocenters. The third-order valence-electron chi connectivity index (χ3n) is 2.15. The summed E-state index contributed by atoms with van der Waals surface area (Å²) in [6.45, 7) is 2.72. The van der Waals surface area contributed by atoms with E-state index in [1.54, 1.807) is 4.90 Å². The molecule has 7 heteroatoms.